The van der Waals surface area contributed by atoms with Gasteiger partial charge in [-0.15, -0.1) is 0 Å². The van der Waals surface area contributed by atoms with Crippen molar-refractivity contribution in [2.24, 2.45) is 0 Å². The Kier molecular flexibility index (Phi) is 3.02. The van der Waals surface area contributed by atoms with Crippen molar-refractivity contribution in [1.82, 2.24) is 4.98 Å². The Morgan fingerprint density at radius 3 is 2.65 bits per heavy atom. The van der Waals surface area contributed by atoms with Gasteiger partial charge < -0.3 is 15.5 Å². The highest BCUT2D eigenvalue weighted by Gasteiger charge is 2.27. The Hall–Kier alpha value is -2.56. The number of anilines is 3. The lowest BCUT2D eigenvalue weighted by molar-refractivity contribution is 0.0983. The Morgan fingerprint density at radius 1 is 1.15 bits per heavy atom. The summed E-state index contributed by atoms with van der Waals surface area (Å²) in [5.41, 5.74) is 8.52. The number of amides is 1. The van der Waals surface area contributed by atoms with Gasteiger partial charge >= 0.3 is 0 Å². The minimum absolute atomic E-state index is 0.149. The van der Waals surface area contributed by atoms with Crippen molar-refractivity contribution < 1.29 is 4.79 Å². The first kappa shape index (κ1) is 12.5. The third kappa shape index (κ3) is 1.97. The maximum Gasteiger partial charge on any atom is 0.279 e. The monoisotopic (exact) mass is 268 g/mol. The van der Waals surface area contributed by atoms with Crippen LogP contribution in [0.2, 0.25) is 0 Å². The highest BCUT2D eigenvalue weighted by Crippen LogP contribution is 2.32. The summed E-state index contributed by atoms with van der Waals surface area (Å²) in [6.07, 6.45) is 1.59. The van der Waals surface area contributed by atoms with Gasteiger partial charge in [0.05, 0.1) is 17.1 Å². The summed E-state index contributed by atoms with van der Waals surface area (Å²) in [5.74, 6) is -0.149. The molecule has 0 unspecified atom stereocenters. The molecular formula is C15H16N4O. The number of rotatable bonds is 1. The lowest BCUT2D eigenvalue weighted by Gasteiger charge is -2.35. The van der Waals surface area contributed by atoms with E-state index in [0.717, 1.165) is 17.9 Å². The van der Waals surface area contributed by atoms with E-state index in [0.29, 0.717) is 17.9 Å². The first-order chi connectivity index (χ1) is 9.68. The van der Waals surface area contributed by atoms with Gasteiger partial charge in [-0.1, -0.05) is 12.1 Å². The van der Waals surface area contributed by atoms with Gasteiger partial charge in [0.15, 0.2) is 5.69 Å². The van der Waals surface area contributed by atoms with Gasteiger partial charge in [0.2, 0.25) is 0 Å². The van der Waals surface area contributed by atoms with Crippen molar-refractivity contribution in [3.8, 4) is 0 Å². The first-order valence-electron chi connectivity index (χ1n) is 6.51. The van der Waals surface area contributed by atoms with Crippen LogP contribution in [0.4, 0.5) is 17.1 Å². The molecule has 1 aliphatic heterocycles. The second kappa shape index (κ2) is 4.85. The largest absolute Gasteiger partial charge is 0.397 e. The summed E-state index contributed by atoms with van der Waals surface area (Å²) >= 11 is 0. The molecule has 5 nitrogen and oxygen atoms in total. The van der Waals surface area contributed by atoms with E-state index in [9.17, 15) is 4.79 Å². The van der Waals surface area contributed by atoms with Crippen molar-refractivity contribution in [2.45, 2.75) is 0 Å². The van der Waals surface area contributed by atoms with Gasteiger partial charge in [-0.2, -0.15) is 0 Å². The molecule has 0 radical (unpaired) electrons. The van der Waals surface area contributed by atoms with Crippen LogP contribution in [0.15, 0.2) is 42.6 Å². The van der Waals surface area contributed by atoms with Gasteiger partial charge in [-0.05, 0) is 24.3 Å². The van der Waals surface area contributed by atoms with E-state index >= 15 is 0 Å². The number of likely N-dealkylation sites (N-methyl/N-ethyl adjacent to an activating group) is 1. The molecule has 0 fully saturated rings. The molecule has 0 saturated heterocycles. The molecule has 0 bridgehead atoms. The summed E-state index contributed by atoms with van der Waals surface area (Å²) in [6.45, 7) is 1.41. The molecule has 1 amide bonds. The molecule has 5 heteroatoms. The molecule has 3 rings (SSSR count). The molecule has 2 heterocycles. The number of nitrogens with two attached hydrogens (primary N) is 1. The number of nitrogen functional groups attached to an aromatic ring is 1. The third-order valence-electron chi connectivity index (χ3n) is 3.53. The normalized spacial score (nSPS) is 14.1. The van der Waals surface area contributed by atoms with E-state index in [1.54, 1.807) is 23.2 Å². The predicted octanol–water partition coefficient (Wildman–Crippen LogP) is 1.76. The summed E-state index contributed by atoms with van der Waals surface area (Å²) in [5, 5.41) is 0. The van der Waals surface area contributed by atoms with Gasteiger partial charge in [0.1, 0.15) is 0 Å². The topological polar surface area (TPSA) is 62.5 Å². The van der Waals surface area contributed by atoms with Gasteiger partial charge in [-0.25, -0.2) is 4.98 Å². The Morgan fingerprint density at radius 2 is 1.90 bits per heavy atom. The number of pyridine rings is 1. The standard InChI is InChI=1S/C15H16N4O/c1-18-9-10-19(13-7-3-2-6-12(13)18)15(20)14-11(16)5-4-8-17-14/h2-8H,9-10,16H2,1H3. The van der Waals surface area contributed by atoms with Crippen molar-refractivity contribution in [1.29, 1.82) is 0 Å². The fourth-order valence-electron chi connectivity index (χ4n) is 2.44. The zero-order valence-electron chi connectivity index (χ0n) is 11.3. The molecule has 0 spiro atoms. The number of carbonyl (C=O) groups is 1. The van der Waals surface area contributed by atoms with Crippen molar-refractivity contribution in [3.05, 3.63) is 48.3 Å². The predicted molar refractivity (Wildman–Crippen MR) is 80.0 cm³/mol. The molecule has 2 N–H and O–H groups in total. The number of hydrogen-bond acceptors (Lipinski definition) is 4. The molecular weight excluding hydrogens is 252 g/mol. The zero-order valence-corrected chi connectivity index (χ0v) is 11.3. The van der Waals surface area contributed by atoms with Crippen LogP contribution >= 0.6 is 0 Å². The Bertz CT molecular complexity index is 656. The maximum atomic E-state index is 12.7. The lowest BCUT2D eigenvalue weighted by Crippen LogP contribution is -2.43. The number of carbonyl (C=O) groups excluding carboxylic acids is 1. The first-order valence-corrected chi connectivity index (χ1v) is 6.51. The van der Waals surface area contributed by atoms with Gasteiger partial charge in [0, 0.05) is 26.3 Å². The number of benzene rings is 1. The quantitative estimate of drug-likeness (QED) is 0.856. The van der Waals surface area contributed by atoms with Crippen LogP contribution in [0.5, 0.6) is 0 Å². The third-order valence-corrected chi connectivity index (χ3v) is 3.53. The molecule has 20 heavy (non-hydrogen) atoms. The number of para-hydroxylation sites is 2. The molecule has 2 aromatic rings. The molecule has 0 atom stereocenters. The van der Waals surface area contributed by atoms with Crippen molar-refractivity contribution >= 4 is 23.0 Å². The van der Waals surface area contributed by atoms with Crippen LogP contribution in [0.25, 0.3) is 0 Å². The lowest BCUT2D eigenvalue weighted by atomic mass is 10.1. The molecule has 0 saturated carbocycles. The van der Waals surface area contributed by atoms with E-state index in [1.165, 1.54) is 0 Å². The average Bonchev–Trinajstić information content (AvgIpc) is 2.48. The molecule has 1 aromatic heterocycles. The summed E-state index contributed by atoms with van der Waals surface area (Å²) in [4.78, 5) is 20.7. The maximum absolute atomic E-state index is 12.7. The summed E-state index contributed by atoms with van der Waals surface area (Å²) in [7, 11) is 2.02. The fraction of sp³-hybridized carbons (Fsp3) is 0.200. The number of nitrogens with zero attached hydrogens (tertiary/aromatic N) is 3. The highest BCUT2D eigenvalue weighted by molar-refractivity contribution is 6.09. The van der Waals surface area contributed by atoms with Crippen LogP contribution in [-0.2, 0) is 0 Å². The van der Waals surface area contributed by atoms with Crippen LogP contribution in [0, 0.1) is 0 Å². The Labute approximate surface area is 117 Å². The molecule has 0 aliphatic carbocycles. The second-order valence-electron chi connectivity index (χ2n) is 4.81. The number of aromatic nitrogens is 1. The SMILES string of the molecule is CN1CCN(C(=O)c2ncccc2N)c2ccccc21. The minimum atomic E-state index is -0.149. The average molecular weight is 268 g/mol. The van der Waals surface area contributed by atoms with E-state index in [1.807, 2.05) is 31.3 Å². The van der Waals surface area contributed by atoms with E-state index in [2.05, 4.69) is 9.88 Å². The van der Waals surface area contributed by atoms with Crippen LogP contribution in [-0.4, -0.2) is 31.0 Å². The second-order valence-corrected chi connectivity index (χ2v) is 4.81. The smallest absolute Gasteiger partial charge is 0.279 e. The molecule has 102 valence electrons. The number of hydrogen-bond donors (Lipinski definition) is 1. The van der Waals surface area contributed by atoms with E-state index in [4.69, 9.17) is 5.73 Å². The van der Waals surface area contributed by atoms with Crippen LogP contribution < -0.4 is 15.5 Å². The van der Waals surface area contributed by atoms with Crippen molar-refractivity contribution in [3.63, 3.8) is 0 Å². The van der Waals surface area contributed by atoms with Crippen molar-refractivity contribution in [2.75, 3.05) is 35.7 Å². The van der Waals surface area contributed by atoms with E-state index in [-0.39, 0.29) is 5.91 Å². The molecule has 1 aromatic carbocycles. The zero-order chi connectivity index (χ0) is 14.1. The fourth-order valence-corrected chi connectivity index (χ4v) is 2.44. The van der Waals surface area contributed by atoms with E-state index < -0.39 is 0 Å². The highest BCUT2D eigenvalue weighted by atomic mass is 16.2. The van der Waals surface area contributed by atoms with Crippen LogP contribution in [0.1, 0.15) is 10.5 Å². The van der Waals surface area contributed by atoms with Gasteiger partial charge in [0.25, 0.3) is 5.91 Å². The van der Waals surface area contributed by atoms with Crippen LogP contribution in [0.3, 0.4) is 0 Å². The van der Waals surface area contributed by atoms with Gasteiger partial charge in [-0.3, -0.25) is 4.79 Å². The molecule has 1 aliphatic rings. The Balaban J connectivity index is 2.02. The summed E-state index contributed by atoms with van der Waals surface area (Å²) < 4.78 is 0. The number of fused-ring (bicyclic) bond motifs is 1. The summed E-state index contributed by atoms with van der Waals surface area (Å²) in [6, 6.07) is 11.3. The minimum Gasteiger partial charge on any atom is -0.397 e.